The monoisotopic (exact) mass is 593 g/mol. The number of benzene rings is 2. The Bertz CT molecular complexity index is 1250. The fourth-order valence-electron chi connectivity index (χ4n) is 3.99. The van der Waals surface area contributed by atoms with Gasteiger partial charge in [0.1, 0.15) is 12.1 Å². The minimum atomic E-state index is -4.52. The van der Waals surface area contributed by atoms with E-state index in [9.17, 15) is 13.2 Å². The second-order valence-corrected chi connectivity index (χ2v) is 7.77. The van der Waals surface area contributed by atoms with Gasteiger partial charge in [-0.3, -0.25) is 4.90 Å². The van der Waals surface area contributed by atoms with Gasteiger partial charge in [0.15, 0.2) is 5.82 Å². The van der Waals surface area contributed by atoms with Crippen molar-refractivity contribution >= 4 is 34.4 Å². The molecule has 0 unspecified atom stereocenters. The Morgan fingerprint density at radius 1 is 1.03 bits per heavy atom. The molecule has 7 nitrogen and oxygen atoms in total. The Labute approximate surface area is 214 Å². The molecule has 182 valence electrons. The van der Waals surface area contributed by atoms with Gasteiger partial charge in [-0.15, -0.1) is 0 Å². The molecule has 4 aromatic rings. The molecule has 0 saturated heterocycles. The zero-order chi connectivity index (χ0) is 24.8. The summed E-state index contributed by atoms with van der Waals surface area (Å²) in [5, 5.41) is 9.59. The maximum absolute atomic E-state index is 13.7. The highest BCUT2D eigenvalue weighted by atomic mass is 127. The largest absolute Gasteiger partial charge is 0.417 e. The van der Waals surface area contributed by atoms with Gasteiger partial charge in [-0.05, 0) is 23.0 Å². The number of hydrogen-bond acceptors (Lipinski definition) is 6. The average molecular weight is 593 g/mol. The average Bonchev–Trinajstić information content (AvgIpc) is 3.38. The Hall–Kier alpha value is -3.06. The molecule has 0 atom stereocenters. The highest BCUT2D eigenvalue weighted by Crippen LogP contribution is 2.37. The molecule has 2 N–H and O–H groups in total. The van der Waals surface area contributed by atoms with Gasteiger partial charge in [-0.1, -0.05) is 71.1 Å². The zero-order valence-electron chi connectivity index (χ0n) is 18.8. The normalized spacial score (nSPS) is 13.5. The van der Waals surface area contributed by atoms with Crippen LogP contribution in [0.2, 0.25) is 0 Å². The molecular weight excluding hydrogens is 570 g/mol. The Morgan fingerprint density at radius 2 is 1.77 bits per heavy atom. The van der Waals surface area contributed by atoms with Crippen LogP contribution in [0.25, 0.3) is 11.4 Å². The van der Waals surface area contributed by atoms with E-state index in [1.165, 1.54) is 18.5 Å². The van der Waals surface area contributed by atoms with E-state index in [1.54, 1.807) is 6.07 Å². The van der Waals surface area contributed by atoms with Crippen LogP contribution in [0.15, 0.2) is 60.9 Å². The molecule has 0 spiro atoms. The van der Waals surface area contributed by atoms with Crippen LogP contribution >= 0.6 is 22.6 Å². The van der Waals surface area contributed by atoms with Crippen molar-refractivity contribution in [2.45, 2.75) is 25.7 Å². The number of aromatic nitrogens is 5. The van der Waals surface area contributed by atoms with Gasteiger partial charge < -0.3 is 5.32 Å². The molecule has 2 aromatic heterocycles. The van der Waals surface area contributed by atoms with E-state index in [4.69, 9.17) is 0 Å². The van der Waals surface area contributed by atoms with Gasteiger partial charge in [0.05, 0.1) is 11.3 Å². The molecule has 3 heterocycles. The third-order valence-corrected chi connectivity index (χ3v) is 5.52. The summed E-state index contributed by atoms with van der Waals surface area (Å²) in [6, 6.07) is 15.4. The third kappa shape index (κ3) is 5.96. The summed E-state index contributed by atoms with van der Waals surface area (Å²) < 4.78 is 41.0. The molecule has 2 aromatic carbocycles. The van der Waals surface area contributed by atoms with Crippen LogP contribution in [0.1, 0.15) is 22.4 Å². The topological polar surface area (TPSA) is 82.6 Å². The first-order valence-corrected chi connectivity index (χ1v) is 13.0. The van der Waals surface area contributed by atoms with Gasteiger partial charge in [0.2, 0.25) is 5.95 Å². The minimum absolute atomic E-state index is 0.0188. The van der Waals surface area contributed by atoms with Crippen LogP contribution in [0, 0.1) is 0 Å². The first kappa shape index (κ1) is 25.0. The lowest BCUT2D eigenvalue weighted by Crippen LogP contribution is -2.31. The van der Waals surface area contributed by atoms with E-state index < -0.39 is 11.7 Å². The second kappa shape index (κ2) is 11.1. The quantitative estimate of drug-likeness (QED) is 0.231. The molecule has 11 heteroatoms. The van der Waals surface area contributed by atoms with Gasteiger partial charge in [0.25, 0.3) is 0 Å². The summed E-state index contributed by atoms with van der Waals surface area (Å²) in [6.45, 7) is 2.00. The van der Waals surface area contributed by atoms with Gasteiger partial charge in [0, 0.05) is 30.8 Å². The van der Waals surface area contributed by atoms with E-state index in [0.717, 1.165) is 30.3 Å². The summed E-state index contributed by atoms with van der Waals surface area (Å²) in [7, 11) is 0. The van der Waals surface area contributed by atoms with E-state index in [-0.39, 0.29) is 11.4 Å². The van der Waals surface area contributed by atoms with Crippen molar-refractivity contribution in [2.24, 2.45) is 0 Å². The SMILES string of the molecule is CI.FC(F)(F)c1ccccc1-c1nc2c(c(Nc3ncn[nH]3)n1)CCN(Cc1ccccc1)C2. The molecule has 0 saturated carbocycles. The van der Waals surface area contributed by atoms with E-state index in [1.807, 2.05) is 23.1 Å². The highest BCUT2D eigenvalue weighted by Gasteiger charge is 2.34. The van der Waals surface area contributed by atoms with Gasteiger partial charge in [-0.2, -0.15) is 23.3 Å². The van der Waals surface area contributed by atoms with E-state index >= 15 is 0 Å². The number of aromatic amines is 1. The summed E-state index contributed by atoms with van der Waals surface area (Å²) in [6.07, 6.45) is -2.52. The minimum Gasteiger partial charge on any atom is -0.309 e. The second-order valence-electron chi connectivity index (χ2n) is 7.77. The van der Waals surface area contributed by atoms with Crippen molar-refractivity contribution in [2.75, 3.05) is 16.8 Å². The predicted octanol–water partition coefficient (Wildman–Crippen LogP) is 5.63. The fourth-order valence-corrected chi connectivity index (χ4v) is 3.99. The maximum Gasteiger partial charge on any atom is 0.417 e. The molecule has 0 aliphatic carbocycles. The molecule has 1 aliphatic heterocycles. The van der Waals surface area contributed by atoms with Crippen molar-refractivity contribution in [3.05, 3.63) is 83.3 Å². The van der Waals surface area contributed by atoms with Crippen LogP contribution in [0.4, 0.5) is 24.9 Å². The standard InChI is InChI=1S/C23H20F3N7.CH3I/c24-23(25,26)18-9-5-4-8-16(18)20-29-19-13-33(12-15-6-2-1-3-7-15)11-10-17(19)21(30-20)31-22-27-14-28-32-22;1-2/h1-9,14H,10-13H2,(H2,27,28,29,30,31,32);1H3. The molecule has 35 heavy (non-hydrogen) atoms. The summed E-state index contributed by atoms with van der Waals surface area (Å²) in [5.74, 6) is 0.811. The maximum atomic E-state index is 13.7. The number of alkyl halides is 4. The summed E-state index contributed by atoms with van der Waals surface area (Å²) >= 11 is 2.15. The number of halogens is 4. The van der Waals surface area contributed by atoms with E-state index in [0.29, 0.717) is 30.4 Å². The lowest BCUT2D eigenvalue weighted by molar-refractivity contribution is -0.137. The lowest BCUT2D eigenvalue weighted by Gasteiger charge is -2.29. The summed E-state index contributed by atoms with van der Waals surface area (Å²) in [5.41, 5.74) is 1.89. The Morgan fingerprint density at radius 3 is 2.49 bits per heavy atom. The molecular formula is C24H23F3IN7. The first-order chi connectivity index (χ1) is 17.0. The van der Waals surface area contributed by atoms with Crippen LogP contribution in [0.3, 0.4) is 0 Å². The number of rotatable bonds is 5. The molecule has 1 aliphatic rings. The molecule has 0 amide bonds. The van der Waals surface area contributed by atoms with Crippen molar-refractivity contribution in [3.63, 3.8) is 0 Å². The molecule has 0 radical (unpaired) electrons. The smallest absolute Gasteiger partial charge is 0.309 e. The zero-order valence-corrected chi connectivity index (χ0v) is 21.0. The Kier molecular flexibility index (Phi) is 7.96. The third-order valence-electron chi connectivity index (χ3n) is 5.52. The van der Waals surface area contributed by atoms with Crippen molar-refractivity contribution in [3.8, 4) is 11.4 Å². The number of fused-ring (bicyclic) bond motifs is 1. The van der Waals surface area contributed by atoms with Crippen LogP contribution in [0.5, 0.6) is 0 Å². The number of anilines is 2. The van der Waals surface area contributed by atoms with Gasteiger partial charge in [-0.25, -0.2) is 15.1 Å². The highest BCUT2D eigenvalue weighted by molar-refractivity contribution is 14.1. The first-order valence-electron chi connectivity index (χ1n) is 10.8. The predicted molar refractivity (Wildman–Crippen MR) is 136 cm³/mol. The van der Waals surface area contributed by atoms with Crippen LogP contribution in [-0.2, 0) is 25.7 Å². The number of H-pyrrole nitrogens is 1. The van der Waals surface area contributed by atoms with E-state index in [2.05, 4.69) is 70.1 Å². The summed E-state index contributed by atoms with van der Waals surface area (Å²) in [4.78, 5) is 17.3. The number of hydrogen-bond donors (Lipinski definition) is 2. The molecule has 5 rings (SSSR count). The van der Waals surface area contributed by atoms with Crippen molar-refractivity contribution in [1.29, 1.82) is 0 Å². The molecule has 0 bridgehead atoms. The number of nitrogens with one attached hydrogen (secondary N) is 2. The molecule has 0 fully saturated rings. The fraction of sp³-hybridized carbons (Fsp3) is 0.250. The van der Waals surface area contributed by atoms with Gasteiger partial charge >= 0.3 is 6.18 Å². The Balaban J connectivity index is 0.00000141. The lowest BCUT2D eigenvalue weighted by atomic mass is 10.0. The van der Waals surface area contributed by atoms with Crippen LogP contribution in [-0.4, -0.2) is 41.5 Å². The van der Waals surface area contributed by atoms with Crippen molar-refractivity contribution < 1.29 is 13.2 Å². The van der Waals surface area contributed by atoms with Crippen molar-refractivity contribution in [1.82, 2.24) is 30.0 Å². The van der Waals surface area contributed by atoms with Crippen LogP contribution < -0.4 is 5.32 Å². The number of nitrogens with zero attached hydrogens (tertiary/aromatic N) is 5.